The zero-order chi connectivity index (χ0) is 23.4. The zero-order valence-corrected chi connectivity index (χ0v) is 19.5. The highest BCUT2D eigenvalue weighted by Gasteiger charge is 2.24. The summed E-state index contributed by atoms with van der Waals surface area (Å²) in [6, 6.07) is 4.67. The Kier molecular flexibility index (Phi) is 7.76. The molecule has 0 aliphatic rings. The van der Waals surface area contributed by atoms with Gasteiger partial charge in [-0.2, -0.15) is 0 Å². The van der Waals surface area contributed by atoms with Gasteiger partial charge in [0.15, 0.2) is 5.13 Å². The molecule has 31 heavy (non-hydrogen) atoms. The van der Waals surface area contributed by atoms with Crippen LogP contribution in [0.25, 0.3) is 10.4 Å². The highest BCUT2D eigenvalue weighted by atomic mass is 32.2. The van der Waals surface area contributed by atoms with E-state index in [1.165, 1.54) is 36.1 Å². The highest BCUT2D eigenvalue weighted by molar-refractivity contribution is 7.89. The Morgan fingerprint density at radius 1 is 1.26 bits per heavy atom. The van der Waals surface area contributed by atoms with Crippen LogP contribution in [0.4, 0.5) is 5.13 Å². The van der Waals surface area contributed by atoms with E-state index in [-0.39, 0.29) is 29.5 Å². The summed E-state index contributed by atoms with van der Waals surface area (Å²) >= 11 is 1.23. The van der Waals surface area contributed by atoms with Crippen LogP contribution < -0.4 is 20.3 Å². The maximum Gasteiger partial charge on any atom is 0.244 e. The van der Waals surface area contributed by atoms with Crippen LogP contribution in [0.15, 0.2) is 23.1 Å². The molecule has 2 rings (SSSR count). The van der Waals surface area contributed by atoms with Gasteiger partial charge >= 0.3 is 0 Å². The van der Waals surface area contributed by atoms with Gasteiger partial charge in [0, 0.05) is 18.4 Å². The molecule has 0 unspecified atom stereocenters. The summed E-state index contributed by atoms with van der Waals surface area (Å²) in [6.45, 7) is 6.94. The van der Waals surface area contributed by atoms with Crippen molar-refractivity contribution in [1.29, 1.82) is 0 Å². The fourth-order valence-electron chi connectivity index (χ4n) is 2.46. The van der Waals surface area contributed by atoms with Crippen molar-refractivity contribution in [3.63, 3.8) is 0 Å². The van der Waals surface area contributed by atoms with Gasteiger partial charge in [-0.25, -0.2) is 23.6 Å². The van der Waals surface area contributed by atoms with Crippen LogP contribution >= 0.6 is 11.3 Å². The van der Waals surface area contributed by atoms with Crippen LogP contribution in [0.2, 0.25) is 0 Å². The van der Waals surface area contributed by atoms with Crippen LogP contribution in [0.3, 0.4) is 0 Å². The van der Waals surface area contributed by atoms with Crippen molar-refractivity contribution in [3.05, 3.63) is 23.9 Å². The Balaban J connectivity index is 2.36. The number of benzene rings is 1. The average Bonchev–Trinajstić information content (AvgIpc) is 3.06. The molecule has 0 bridgehead atoms. The molecule has 1 heterocycles. The van der Waals surface area contributed by atoms with E-state index in [2.05, 4.69) is 15.0 Å². The SMILES string of the molecule is COc1ccc(-c2sc(NC(=O)C(C)(C)C)nc2C)cc1S(=O)(=O)NCCC(=O)NO. The Morgan fingerprint density at radius 2 is 1.94 bits per heavy atom. The standard InChI is InChI=1S/C19H26N4O6S2/c1-11-16(30-18(21-11)22-17(25)19(2,3)4)12-6-7-13(29-5)14(10-12)31(27,28)20-9-8-15(24)23-26/h6-7,10,20,26H,8-9H2,1-5H3,(H,23,24)(H,21,22,25). The summed E-state index contributed by atoms with van der Waals surface area (Å²) in [5.41, 5.74) is 2.08. The van der Waals surface area contributed by atoms with Gasteiger partial charge in [-0.1, -0.05) is 32.1 Å². The summed E-state index contributed by atoms with van der Waals surface area (Å²) in [7, 11) is -2.65. The van der Waals surface area contributed by atoms with Crippen molar-refractivity contribution in [2.24, 2.45) is 5.41 Å². The molecule has 4 N–H and O–H groups in total. The van der Waals surface area contributed by atoms with E-state index in [4.69, 9.17) is 9.94 Å². The topological polar surface area (TPSA) is 147 Å². The van der Waals surface area contributed by atoms with Gasteiger partial charge in [-0.15, -0.1) is 0 Å². The van der Waals surface area contributed by atoms with E-state index in [0.29, 0.717) is 21.3 Å². The van der Waals surface area contributed by atoms with E-state index in [9.17, 15) is 18.0 Å². The van der Waals surface area contributed by atoms with Crippen molar-refractivity contribution in [3.8, 4) is 16.2 Å². The number of aryl methyl sites for hydroxylation is 1. The lowest BCUT2D eigenvalue weighted by molar-refractivity contribution is -0.129. The number of rotatable bonds is 8. The molecule has 2 aromatic rings. The monoisotopic (exact) mass is 470 g/mol. The molecule has 0 saturated carbocycles. The number of anilines is 1. The second kappa shape index (κ2) is 9.73. The molecule has 0 aliphatic carbocycles. The van der Waals surface area contributed by atoms with Gasteiger partial charge in [0.2, 0.25) is 21.8 Å². The number of hydroxylamine groups is 1. The number of amides is 2. The third kappa shape index (κ3) is 6.23. The van der Waals surface area contributed by atoms with Gasteiger partial charge in [0.05, 0.1) is 17.7 Å². The predicted octanol–water partition coefficient (Wildman–Crippen LogP) is 2.29. The molecular formula is C19H26N4O6S2. The molecule has 170 valence electrons. The first-order valence-electron chi connectivity index (χ1n) is 9.29. The molecule has 0 radical (unpaired) electrons. The van der Waals surface area contributed by atoms with Gasteiger partial charge in [0.25, 0.3) is 0 Å². The van der Waals surface area contributed by atoms with E-state index in [1.54, 1.807) is 33.8 Å². The minimum atomic E-state index is -4.00. The van der Waals surface area contributed by atoms with Crippen LogP contribution in [-0.4, -0.2) is 44.1 Å². The number of carbonyl (C=O) groups is 2. The van der Waals surface area contributed by atoms with Gasteiger partial charge in [-0.3, -0.25) is 14.8 Å². The lowest BCUT2D eigenvalue weighted by Crippen LogP contribution is -2.29. The lowest BCUT2D eigenvalue weighted by atomic mass is 9.96. The molecule has 0 spiro atoms. The van der Waals surface area contributed by atoms with Gasteiger partial charge in [0.1, 0.15) is 10.6 Å². The number of sulfonamides is 1. The Bertz CT molecular complexity index is 1070. The molecule has 10 nitrogen and oxygen atoms in total. The quantitative estimate of drug-likeness (QED) is 0.342. The molecule has 12 heteroatoms. The number of nitrogens with zero attached hydrogens (tertiary/aromatic N) is 1. The van der Waals surface area contributed by atoms with Gasteiger partial charge in [-0.05, 0) is 30.7 Å². The molecule has 0 aliphatic heterocycles. The minimum Gasteiger partial charge on any atom is -0.495 e. The van der Waals surface area contributed by atoms with Crippen LogP contribution in [0, 0.1) is 12.3 Å². The van der Waals surface area contributed by atoms with Crippen molar-refractivity contribution in [2.75, 3.05) is 19.0 Å². The second-order valence-corrected chi connectivity index (χ2v) is 10.4. The normalized spacial score (nSPS) is 11.8. The van der Waals surface area contributed by atoms with E-state index < -0.39 is 21.3 Å². The Morgan fingerprint density at radius 3 is 2.52 bits per heavy atom. The van der Waals surface area contributed by atoms with Crippen molar-refractivity contribution >= 4 is 38.3 Å². The van der Waals surface area contributed by atoms with Crippen LogP contribution in [0.5, 0.6) is 5.75 Å². The average molecular weight is 471 g/mol. The maximum atomic E-state index is 12.8. The molecule has 0 atom stereocenters. The third-order valence-electron chi connectivity index (χ3n) is 4.18. The molecule has 0 saturated heterocycles. The molecule has 1 aromatic carbocycles. The minimum absolute atomic E-state index is 0.106. The summed E-state index contributed by atoms with van der Waals surface area (Å²) in [5.74, 6) is -0.762. The van der Waals surface area contributed by atoms with Crippen molar-refractivity contribution in [2.45, 2.75) is 39.0 Å². The first-order chi connectivity index (χ1) is 14.4. The Labute approximate surface area is 185 Å². The molecule has 2 amide bonds. The number of aromatic nitrogens is 1. The first kappa shape index (κ1) is 24.7. The number of methoxy groups -OCH3 is 1. The summed E-state index contributed by atoms with van der Waals surface area (Å²) < 4.78 is 33.0. The smallest absolute Gasteiger partial charge is 0.244 e. The highest BCUT2D eigenvalue weighted by Crippen LogP contribution is 2.36. The summed E-state index contributed by atoms with van der Waals surface area (Å²) in [6.07, 6.45) is -0.234. The second-order valence-electron chi connectivity index (χ2n) is 7.69. The van der Waals surface area contributed by atoms with Crippen LogP contribution in [0.1, 0.15) is 32.9 Å². The predicted molar refractivity (Wildman–Crippen MR) is 117 cm³/mol. The number of nitrogens with one attached hydrogen (secondary N) is 3. The first-order valence-corrected chi connectivity index (χ1v) is 11.6. The molecular weight excluding hydrogens is 444 g/mol. The number of carbonyl (C=O) groups excluding carboxylic acids is 2. The maximum absolute atomic E-state index is 12.8. The number of ether oxygens (including phenoxy) is 1. The van der Waals surface area contributed by atoms with E-state index in [0.717, 1.165) is 0 Å². The summed E-state index contributed by atoms with van der Waals surface area (Å²) in [5, 5.41) is 11.7. The molecule has 1 aromatic heterocycles. The van der Waals surface area contributed by atoms with Crippen molar-refractivity contribution in [1.82, 2.24) is 15.2 Å². The van der Waals surface area contributed by atoms with Crippen molar-refractivity contribution < 1.29 is 28.0 Å². The largest absolute Gasteiger partial charge is 0.495 e. The van der Waals surface area contributed by atoms with Gasteiger partial charge < -0.3 is 10.1 Å². The van der Waals surface area contributed by atoms with Crippen LogP contribution in [-0.2, 0) is 19.6 Å². The van der Waals surface area contributed by atoms with E-state index >= 15 is 0 Å². The Hall–Kier alpha value is -2.54. The summed E-state index contributed by atoms with van der Waals surface area (Å²) in [4.78, 5) is 28.3. The number of hydrogen-bond donors (Lipinski definition) is 4. The molecule has 0 fully saturated rings. The zero-order valence-electron chi connectivity index (χ0n) is 17.9. The number of thiazole rings is 1. The van der Waals surface area contributed by atoms with E-state index in [1.807, 2.05) is 0 Å². The lowest BCUT2D eigenvalue weighted by Gasteiger charge is -2.15. The number of hydrogen-bond acceptors (Lipinski definition) is 8. The third-order valence-corrected chi connectivity index (χ3v) is 6.79. The fourth-order valence-corrected chi connectivity index (χ4v) is 4.65. The fraction of sp³-hybridized carbons (Fsp3) is 0.421.